The summed E-state index contributed by atoms with van der Waals surface area (Å²) in [5.41, 5.74) is 0.950. The molecule has 0 saturated heterocycles. The fourth-order valence-electron chi connectivity index (χ4n) is 3.35. The number of carbonyl (C=O) groups excluding carboxylic acids is 1. The number of hydrogen-bond donors (Lipinski definition) is 1. The highest BCUT2D eigenvalue weighted by atomic mass is 19.1. The Labute approximate surface area is 193 Å². The topological polar surface area (TPSA) is 76.8 Å². The van der Waals surface area contributed by atoms with Crippen LogP contribution in [0.4, 0.5) is 10.1 Å². The van der Waals surface area contributed by atoms with Gasteiger partial charge in [0.15, 0.2) is 23.1 Å². The summed E-state index contributed by atoms with van der Waals surface area (Å²) in [5.74, 6) is 1.31. The summed E-state index contributed by atoms with van der Waals surface area (Å²) in [7, 11) is 1.58. The van der Waals surface area contributed by atoms with E-state index in [0.717, 1.165) is 19.6 Å². The van der Waals surface area contributed by atoms with Gasteiger partial charge in [0.05, 0.1) is 18.9 Å². The minimum Gasteiger partial charge on any atom is -0.493 e. The van der Waals surface area contributed by atoms with Crippen molar-refractivity contribution in [1.82, 2.24) is 9.88 Å². The van der Waals surface area contributed by atoms with Gasteiger partial charge in [-0.2, -0.15) is 0 Å². The van der Waals surface area contributed by atoms with Gasteiger partial charge in [0.2, 0.25) is 5.91 Å². The smallest absolute Gasteiger partial charge is 0.224 e. The van der Waals surface area contributed by atoms with Crippen molar-refractivity contribution >= 4 is 11.6 Å². The van der Waals surface area contributed by atoms with Crippen LogP contribution >= 0.6 is 0 Å². The van der Waals surface area contributed by atoms with Gasteiger partial charge < -0.3 is 24.1 Å². The zero-order valence-corrected chi connectivity index (χ0v) is 19.3. The lowest BCUT2D eigenvalue weighted by molar-refractivity contribution is -0.116. The molecule has 7 nitrogen and oxygen atoms in total. The van der Waals surface area contributed by atoms with Crippen molar-refractivity contribution in [2.24, 2.45) is 0 Å². The summed E-state index contributed by atoms with van der Waals surface area (Å²) in [6.07, 6.45) is 1.93. The quantitative estimate of drug-likeness (QED) is 0.424. The average Bonchev–Trinajstić information content (AvgIpc) is 3.30. The van der Waals surface area contributed by atoms with Crippen LogP contribution in [0.3, 0.4) is 0 Å². The number of nitrogens with zero attached hydrogens (tertiary/aromatic N) is 2. The number of ether oxygens (including phenoxy) is 2. The van der Waals surface area contributed by atoms with Gasteiger partial charge in [0.25, 0.3) is 0 Å². The van der Waals surface area contributed by atoms with Crippen LogP contribution < -0.4 is 14.8 Å². The summed E-state index contributed by atoms with van der Waals surface area (Å²) >= 11 is 0. The lowest BCUT2D eigenvalue weighted by atomic mass is 10.2. The lowest BCUT2D eigenvalue weighted by Gasteiger charge is -2.19. The molecule has 0 aliphatic rings. The fourth-order valence-corrected chi connectivity index (χ4v) is 3.35. The summed E-state index contributed by atoms with van der Waals surface area (Å²) in [5, 5.41) is 2.86. The number of oxazole rings is 1. The number of aromatic nitrogens is 1. The number of likely N-dealkylation sites (N-methyl/N-ethyl adjacent to an activating group) is 1. The van der Waals surface area contributed by atoms with Gasteiger partial charge in [0.1, 0.15) is 12.4 Å². The van der Waals surface area contributed by atoms with Crippen LogP contribution in [0.5, 0.6) is 11.5 Å². The SMILES string of the molecule is CCN(CC)CCOc1cc(NC(=O)CCc2ncc(-c3ccccc3F)o2)ccc1OC. The first-order valence-electron chi connectivity index (χ1n) is 11.1. The van der Waals surface area contributed by atoms with Crippen molar-refractivity contribution in [3.05, 3.63) is 60.4 Å². The van der Waals surface area contributed by atoms with Crippen LogP contribution in [0.2, 0.25) is 0 Å². The van der Waals surface area contributed by atoms with Gasteiger partial charge in [-0.15, -0.1) is 0 Å². The first-order valence-corrected chi connectivity index (χ1v) is 11.1. The lowest BCUT2D eigenvalue weighted by Crippen LogP contribution is -2.28. The number of rotatable bonds is 12. The van der Waals surface area contributed by atoms with E-state index in [-0.39, 0.29) is 18.1 Å². The molecule has 1 aromatic heterocycles. The Balaban J connectivity index is 1.55. The molecule has 0 radical (unpaired) electrons. The van der Waals surface area contributed by atoms with Crippen molar-refractivity contribution in [1.29, 1.82) is 0 Å². The number of aryl methyl sites for hydroxylation is 1. The second kappa shape index (κ2) is 12.0. The minimum absolute atomic E-state index is 0.168. The van der Waals surface area contributed by atoms with Crippen LogP contribution in [0, 0.1) is 5.82 Å². The number of benzene rings is 2. The molecule has 0 atom stereocenters. The van der Waals surface area contributed by atoms with E-state index in [4.69, 9.17) is 13.9 Å². The zero-order chi connectivity index (χ0) is 23.6. The van der Waals surface area contributed by atoms with E-state index in [1.165, 1.54) is 12.3 Å². The second-order valence-electron chi connectivity index (χ2n) is 7.39. The molecule has 0 unspecified atom stereocenters. The monoisotopic (exact) mass is 455 g/mol. The second-order valence-corrected chi connectivity index (χ2v) is 7.39. The maximum atomic E-state index is 13.9. The summed E-state index contributed by atoms with van der Waals surface area (Å²) in [4.78, 5) is 18.9. The Kier molecular flexibility index (Phi) is 8.83. The Hall–Kier alpha value is -3.39. The molecule has 33 heavy (non-hydrogen) atoms. The van der Waals surface area contributed by atoms with Crippen LogP contribution in [0.15, 0.2) is 53.1 Å². The maximum Gasteiger partial charge on any atom is 0.224 e. The molecule has 3 aromatic rings. The number of anilines is 1. The Morgan fingerprint density at radius 2 is 1.94 bits per heavy atom. The van der Waals surface area contributed by atoms with E-state index in [9.17, 15) is 9.18 Å². The number of methoxy groups -OCH3 is 1. The third-order valence-electron chi connectivity index (χ3n) is 5.27. The molecule has 0 saturated carbocycles. The summed E-state index contributed by atoms with van der Waals surface area (Å²) < 4.78 is 30.8. The van der Waals surface area contributed by atoms with Crippen LogP contribution in [-0.4, -0.2) is 49.1 Å². The predicted octanol–water partition coefficient (Wildman–Crippen LogP) is 4.78. The first kappa shape index (κ1) is 24.3. The van der Waals surface area contributed by atoms with E-state index >= 15 is 0 Å². The molecule has 0 bridgehead atoms. The summed E-state index contributed by atoms with van der Waals surface area (Å²) in [6, 6.07) is 11.6. The molecule has 3 rings (SSSR count). The van der Waals surface area contributed by atoms with Crippen LogP contribution in [-0.2, 0) is 11.2 Å². The number of hydrogen-bond acceptors (Lipinski definition) is 6. The molecule has 1 amide bonds. The van der Waals surface area contributed by atoms with Gasteiger partial charge in [-0.25, -0.2) is 9.37 Å². The van der Waals surface area contributed by atoms with Gasteiger partial charge in [-0.1, -0.05) is 26.0 Å². The molecule has 8 heteroatoms. The van der Waals surface area contributed by atoms with Gasteiger partial charge in [0, 0.05) is 31.1 Å². The van der Waals surface area contributed by atoms with Crippen LogP contribution in [0.1, 0.15) is 26.2 Å². The highest BCUT2D eigenvalue weighted by molar-refractivity contribution is 5.91. The van der Waals surface area contributed by atoms with Gasteiger partial charge >= 0.3 is 0 Å². The normalized spacial score (nSPS) is 10.9. The molecule has 1 heterocycles. The fraction of sp³-hybridized carbons (Fsp3) is 0.360. The number of carbonyl (C=O) groups is 1. The van der Waals surface area contributed by atoms with Crippen molar-refractivity contribution in [3.8, 4) is 22.8 Å². The summed E-state index contributed by atoms with van der Waals surface area (Å²) in [6.45, 7) is 7.46. The standard InChI is InChI=1S/C25H30FN3O4/c1-4-29(5-2)14-15-32-22-16-18(10-11-21(22)31-3)28-24(30)12-13-25-27-17-23(33-25)19-8-6-7-9-20(19)26/h6-11,16-17H,4-5,12-15H2,1-3H3,(H,28,30). The van der Waals surface area contributed by atoms with Crippen molar-refractivity contribution in [3.63, 3.8) is 0 Å². The maximum absolute atomic E-state index is 13.9. The average molecular weight is 456 g/mol. The zero-order valence-electron chi connectivity index (χ0n) is 19.3. The molecular formula is C25H30FN3O4. The molecule has 0 spiro atoms. The van der Waals surface area contributed by atoms with Crippen LogP contribution in [0.25, 0.3) is 11.3 Å². The van der Waals surface area contributed by atoms with E-state index in [1.54, 1.807) is 43.5 Å². The molecule has 0 fully saturated rings. The van der Waals surface area contributed by atoms with E-state index in [0.29, 0.717) is 47.4 Å². The Morgan fingerprint density at radius 1 is 1.15 bits per heavy atom. The molecule has 0 aliphatic heterocycles. The molecule has 1 N–H and O–H groups in total. The molecular weight excluding hydrogens is 425 g/mol. The number of halogens is 1. The Morgan fingerprint density at radius 3 is 2.67 bits per heavy atom. The van der Waals surface area contributed by atoms with E-state index in [1.807, 2.05) is 0 Å². The molecule has 0 aliphatic carbocycles. The van der Waals surface area contributed by atoms with Gasteiger partial charge in [-0.3, -0.25) is 4.79 Å². The highest BCUT2D eigenvalue weighted by Crippen LogP contribution is 2.30. The van der Waals surface area contributed by atoms with E-state index in [2.05, 4.69) is 29.0 Å². The first-order chi connectivity index (χ1) is 16.0. The number of amides is 1. The highest BCUT2D eigenvalue weighted by Gasteiger charge is 2.13. The van der Waals surface area contributed by atoms with Crippen molar-refractivity contribution < 1.29 is 23.1 Å². The number of nitrogens with one attached hydrogen (secondary N) is 1. The molecule has 176 valence electrons. The third-order valence-corrected chi connectivity index (χ3v) is 5.27. The Bertz CT molecular complexity index is 1050. The largest absolute Gasteiger partial charge is 0.493 e. The van der Waals surface area contributed by atoms with E-state index < -0.39 is 0 Å². The predicted molar refractivity (Wildman–Crippen MR) is 125 cm³/mol. The van der Waals surface area contributed by atoms with Gasteiger partial charge in [-0.05, 0) is 37.4 Å². The van der Waals surface area contributed by atoms with Crippen molar-refractivity contribution in [2.45, 2.75) is 26.7 Å². The molecule has 2 aromatic carbocycles. The van der Waals surface area contributed by atoms with Crippen molar-refractivity contribution in [2.75, 3.05) is 38.7 Å². The minimum atomic E-state index is -0.382. The third kappa shape index (κ3) is 6.79.